The van der Waals surface area contributed by atoms with Crippen LogP contribution in [0.25, 0.3) is 10.6 Å². The van der Waals surface area contributed by atoms with Crippen LogP contribution in [0.3, 0.4) is 0 Å². The van der Waals surface area contributed by atoms with E-state index in [9.17, 15) is 0 Å². The second-order valence-electron chi connectivity index (χ2n) is 5.27. The molecule has 2 aromatic carbocycles. The maximum atomic E-state index is 6.23. The number of nitrogens with zero attached hydrogens (tertiary/aromatic N) is 1. The molecule has 5 heteroatoms. The molecule has 0 unspecified atom stereocenters. The number of hydrogen-bond acceptors (Lipinski definition) is 3. The topological polar surface area (TPSA) is 24.9 Å². The first-order valence-electron chi connectivity index (χ1n) is 7.31. The molecule has 0 fully saturated rings. The molecule has 0 aliphatic carbocycles. The van der Waals surface area contributed by atoms with Crippen molar-refractivity contribution in [2.75, 3.05) is 0 Å². The summed E-state index contributed by atoms with van der Waals surface area (Å²) in [5, 5.41) is 8.07. The molecule has 0 radical (unpaired) electrons. The monoisotopic (exact) mass is 362 g/mol. The third-order valence-corrected chi connectivity index (χ3v) is 5.14. The summed E-state index contributed by atoms with van der Waals surface area (Å²) < 4.78 is 0. The smallest absolute Gasteiger partial charge is 0.123 e. The predicted octanol–water partition coefficient (Wildman–Crippen LogP) is 5.97. The molecule has 23 heavy (non-hydrogen) atoms. The molecule has 3 aromatic rings. The van der Waals surface area contributed by atoms with E-state index in [1.165, 1.54) is 0 Å². The summed E-state index contributed by atoms with van der Waals surface area (Å²) in [6.07, 6.45) is 0. The Hall–Kier alpha value is -1.39. The summed E-state index contributed by atoms with van der Waals surface area (Å²) >= 11 is 13.8. The van der Waals surface area contributed by atoms with Gasteiger partial charge in [0, 0.05) is 33.6 Å². The van der Waals surface area contributed by atoms with E-state index in [1.807, 2.05) is 48.5 Å². The van der Waals surface area contributed by atoms with Gasteiger partial charge in [-0.1, -0.05) is 53.5 Å². The Morgan fingerprint density at radius 3 is 2.57 bits per heavy atom. The molecular weight excluding hydrogens is 347 g/mol. The van der Waals surface area contributed by atoms with Crippen LogP contribution in [0.5, 0.6) is 0 Å². The highest BCUT2D eigenvalue weighted by atomic mass is 35.5. The van der Waals surface area contributed by atoms with Crippen LogP contribution in [0.1, 0.15) is 24.2 Å². The van der Waals surface area contributed by atoms with E-state index in [4.69, 9.17) is 23.2 Å². The van der Waals surface area contributed by atoms with Gasteiger partial charge in [0.2, 0.25) is 0 Å². The average Bonchev–Trinajstić information content (AvgIpc) is 3.03. The molecule has 1 heterocycles. The summed E-state index contributed by atoms with van der Waals surface area (Å²) in [5.41, 5.74) is 3.21. The maximum absolute atomic E-state index is 6.23. The number of halogens is 2. The minimum Gasteiger partial charge on any atom is -0.304 e. The van der Waals surface area contributed by atoms with E-state index in [0.717, 1.165) is 31.9 Å². The van der Waals surface area contributed by atoms with Crippen molar-refractivity contribution in [3.05, 3.63) is 75.2 Å². The molecule has 0 aliphatic heterocycles. The fourth-order valence-corrected chi connectivity index (χ4v) is 3.56. The second-order valence-corrected chi connectivity index (χ2v) is 6.98. The largest absolute Gasteiger partial charge is 0.304 e. The Morgan fingerprint density at radius 1 is 1.09 bits per heavy atom. The summed E-state index contributed by atoms with van der Waals surface area (Å²) in [6.45, 7) is 2.81. The van der Waals surface area contributed by atoms with Gasteiger partial charge in [0.15, 0.2) is 0 Å². The number of nitrogens with one attached hydrogen (secondary N) is 1. The summed E-state index contributed by atoms with van der Waals surface area (Å²) in [5.74, 6) is 0. The molecule has 0 spiro atoms. The van der Waals surface area contributed by atoms with Gasteiger partial charge in [-0.3, -0.25) is 0 Å². The van der Waals surface area contributed by atoms with Gasteiger partial charge >= 0.3 is 0 Å². The van der Waals surface area contributed by atoms with E-state index < -0.39 is 0 Å². The Balaban J connectivity index is 1.65. The van der Waals surface area contributed by atoms with Gasteiger partial charge in [-0.2, -0.15) is 0 Å². The van der Waals surface area contributed by atoms with Crippen molar-refractivity contribution in [1.82, 2.24) is 10.3 Å². The summed E-state index contributed by atoms with van der Waals surface area (Å²) in [4.78, 5) is 4.68. The van der Waals surface area contributed by atoms with Crippen molar-refractivity contribution in [2.24, 2.45) is 0 Å². The molecule has 2 nitrogen and oxygen atoms in total. The molecule has 0 saturated carbocycles. The first kappa shape index (κ1) is 16.5. The van der Waals surface area contributed by atoms with Crippen LogP contribution in [0, 0.1) is 0 Å². The number of benzene rings is 2. The lowest BCUT2D eigenvalue weighted by Crippen LogP contribution is -2.18. The van der Waals surface area contributed by atoms with Crippen LogP contribution in [-0.4, -0.2) is 4.98 Å². The van der Waals surface area contributed by atoms with E-state index in [0.29, 0.717) is 6.54 Å². The van der Waals surface area contributed by atoms with Crippen molar-refractivity contribution in [3.8, 4) is 10.6 Å². The summed E-state index contributed by atoms with van der Waals surface area (Å²) in [6, 6.07) is 15.8. The lowest BCUT2D eigenvalue weighted by Gasteiger charge is -2.14. The van der Waals surface area contributed by atoms with Crippen LogP contribution in [0.15, 0.2) is 53.9 Å². The standard InChI is InChI=1S/C18H16Cl2N2S/c1-12(16-4-2-3-5-17(16)20)21-10-15-11-23-18(22-15)13-6-8-14(19)9-7-13/h2-9,11-12,21H,10H2,1H3/t12-/m0/s1. The van der Waals surface area contributed by atoms with Gasteiger partial charge in [-0.15, -0.1) is 11.3 Å². The van der Waals surface area contributed by atoms with Crippen LogP contribution in [-0.2, 0) is 6.54 Å². The molecule has 1 aromatic heterocycles. The van der Waals surface area contributed by atoms with Crippen molar-refractivity contribution in [2.45, 2.75) is 19.5 Å². The van der Waals surface area contributed by atoms with Crippen LogP contribution in [0.4, 0.5) is 0 Å². The Kier molecular flexibility index (Phi) is 5.34. The minimum atomic E-state index is 0.171. The quantitative estimate of drug-likeness (QED) is 0.604. The maximum Gasteiger partial charge on any atom is 0.123 e. The van der Waals surface area contributed by atoms with E-state index in [2.05, 4.69) is 22.6 Å². The Morgan fingerprint density at radius 2 is 1.83 bits per heavy atom. The molecule has 3 rings (SSSR count). The predicted molar refractivity (Wildman–Crippen MR) is 99.3 cm³/mol. The second kappa shape index (κ2) is 7.45. The number of hydrogen-bond donors (Lipinski definition) is 1. The highest BCUT2D eigenvalue weighted by Crippen LogP contribution is 2.26. The van der Waals surface area contributed by atoms with Crippen molar-refractivity contribution < 1.29 is 0 Å². The van der Waals surface area contributed by atoms with Crippen LogP contribution < -0.4 is 5.32 Å². The molecule has 0 aliphatic rings. The first-order valence-corrected chi connectivity index (χ1v) is 8.95. The highest BCUT2D eigenvalue weighted by molar-refractivity contribution is 7.13. The Labute approximate surface area is 150 Å². The van der Waals surface area contributed by atoms with Crippen molar-refractivity contribution in [1.29, 1.82) is 0 Å². The lowest BCUT2D eigenvalue weighted by molar-refractivity contribution is 0.569. The van der Waals surface area contributed by atoms with Gasteiger partial charge in [-0.25, -0.2) is 4.98 Å². The van der Waals surface area contributed by atoms with Gasteiger partial charge in [0.25, 0.3) is 0 Å². The Bertz CT molecular complexity index is 784. The van der Waals surface area contributed by atoms with Gasteiger partial charge in [0.05, 0.1) is 5.69 Å². The van der Waals surface area contributed by atoms with E-state index in [-0.39, 0.29) is 6.04 Å². The molecule has 0 amide bonds. The number of rotatable bonds is 5. The zero-order chi connectivity index (χ0) is 16.2. The molecule has 1 N–H and O–H groups in total. The fourth-order valence-electron chi connectivity index (χ4n) is 2.31. The van der Waals surface area contributed by atoms with Gasteiger partial charge < -0.3 is 5.32 Å². The van der Waals surface area contributed by atoms with Gasteiger partial charge in [-0.05, 0) is 30.7 Å². The highest BCUT2D eigenvalue weighted by Gasteiger charge is 2.10. The van der Waals surface area contributed by atoms with Gasteiger partial charge in [0.1, 0.15) is 5.01 Å². The first-order chi connectivity index (χ1) is 11.1. The van der Waals surface area contributed by atoms with E-state index >= 15 is 0 Å². The third-order valence-electron chi connectivity index (χ3n) is 3.60. The zero-order valence-electron chi connectivity index (χ0n) is 12.6. The molecule has 118 valence electrons. The molecule has 0 saturated heterocycles. The van der Waals surface area contributed by atoms with E-state index in [1.54, 1.807) is 11.3 Å². The van der Waals surface area contributed by atoms with Crippen LogP contribution in [0.2, 0.25) is 10.0 Å². The average molecular weight is 363 g/mol. The minimum absolute atomic E-state index is 0.171. The summed E-state index contributed by atoms with van der Waals surface area (Å²) in [7, 11) is 0. The molecule has 1 atom stereocenters. The molecular formula is C18H16Cl2N2S. The van der Waals surface area contributed by atoms with Crippen molar-refractivity contribution in [3.63, 3.8) is 0 Å². The number of thiazole rings is 1. The molecule has 0 bridgehead atoms. The third kappa shape index (κ3) is 4.12. The zero-order valence-corrected chi connectivity index (χ0v) is 14.9. The lowest BCUT2D eigenvalue weighted by atomic mass is 10.1. The number of aromatic nitrogens is 1. The fraction of sp³-hybridized carbons (Fsp3) is 0.167. The van der Waals surface area contributed by atoms with Crippen LogP contribution >= 0.6 is 34.5 Å². The normalized spacial score (nSPS) is 12.3. The van der Waals surface area contributed by atoms with Crippen molar-refractivity contribution >= 4 is 34.5 Å². The SMILES string of the molecule is C[C@H](NCc1csc(-c2ccc(Cl)cc2)n1)c1ccccc1Cl.